The Balaban J connectivity index is 1.60. The van der Waals surface area contributed by atoms with Gasteiger partial charge >= 0.3 is 6.09 Å². The summed E-state index contributed by atoms with van der Waals surface area (Å²) < 4.78 is 5.04. The van der Waals surface area contributed by atoms with Crippen molar-refractivity contribution in [2.24, 2.45) is 0 Å². The highest BCUT2D eigenvalue weighted by molar-refractivity contribution is 5.96. The van der Waals surface area contributed by atoms with Crippen molar-refractivity contribution in [2.75, 3.05) is 19.7 Å². The van der Waals surface area contributed by atoms with Crippen LogP contribution in [0.4, 0.5) is 4.79 Å². The number of carbonyl (C=O) groups is 2. The van der Waals surface area contributed by atoms with Gasteiger partial charge in [0.05, 0.1) is 6.61 Å². The molecule has 1 N–H and O–H groups in total. The van der Waals surface area contributed by atoms with Gasteiger partial charge in [-0.05, 0) is 43.4 Å². The summed E-state index contributed by atoms with van der Waals surface area (Å²) in [5.74, 6) is -0.0453. The molecular weight excluding hydrogens is 340 g/mol. The molecule has 0 radical (unpaired) electrons. The number of amides is 2. The molecule has 0 aromatic heterocycles. The third-order valence-electron chi connectivity index (χ3n) is 4.86. The Morgan fingerprint density at radius 1 is 1.04 bits per heavy atom. The smallest absolute Gasteiger partial charge is 0.409 e. The van der Waals surface area contributed by atoms with Crippen LogP contribution in [0.15, 0.2) is 54.6 Å². The first-order chi connectivity index (χ1) is 13.2. The number of rotatable bonds is 5. The van der Waals surface area contributed by atoms with Crippen molar-refractivity contribution in [2.45, 2.75) is 32.2 Å². The van der Waals surface area contributed by atoms with Crippen molar-refractivity contribution in [3.05, 3.63) is 71.3 Å². The topological polar surface area (TPSA) is 58.6 Å². The first-order valence-electron chi connectivity index (χ1n) is 9.51. The highest BCUT2D eigenvalue weighted by atomic mass is 16.6. The van der Waals surface area contributed by atoms with Crippen LogP contribution < -0.4 is 5.32 Å². The second-order valence-electron chi connectivity index (χ2n) is 6.75. The van der Waals surface area contributed by atoms with E-state index in [1.165, 1.54) is 5.56 Å². The Morgan fingerprint density at radius 2 is 1.70 bits per heavy atom. The zero-order valence-corrected chi connectivity index (χ0v) is 15.7. The van der Waals surface area contributed by atoms with E-state index in [4.69, 9.17) is 4.74 Å². The van der Waals surface area contributed by atoms with E-state index in [9.17, 15) is 9.59 Å². The fourth-order valence-electron chi connectivity index (χ4n) is 3.40. The van der Waals surface area contributed by atoms with Gasteiger partial charge in [-0.25, -0.2) is 4.79 Å². The van der Waals surface area contributed by atoms with E-state index in [2.05, 4.69) is 17.4 Å². The van der Waals surface area contributed by atoms with Gasteiger partial charge < -0.3 is 15.0 Å². The maximum atomic E-state index is 12.8. The average Bonchev–Trinajstić information content (AvgIpc) is 2.70. The molecule has 5 heteroatoms. The lowest BCUT2D eigenvalue weighted by molar-refractivity contribution is 0.0859. The minimum atomic E-state index is -0.268. The molecule has 0 spiro atoms. The molecule has 142 valence electrons. The van der Waals surface area contributed by atoms with E-state index in [-0.39, 0.29) is 18.0 Å². The van der Waals surface area contributed by atoms with Crippen LogP contribution in [0, 0.1) is 0 Å². The van der Waals surface area contributed by atoms with Gasteiger partial charge in [0.1, 0.15) is 0 Å². The third kappa shape index (κ3) is 5.09. The van der Waals surface area contributed by atoms with Crippen molar-refractivity contribution in [1.82, 2.24) is 10.2 Å². The summed E-state index contributed by atoms with van der Waals surface area (Å²) in [5, 5.41) is 3.14. The minimum absolute atomic E-state index is 0.0453. The number of nitrogens with one attached hydrogen (secondary N) is 1. The lowest BCUT2D eigenvalue weighted by Gasteiger charge is -2.31. The molecular formula is C22H26N2O3. The third-order valence-corrected chi connectivity index (χ3v) is 4.86. The molecule has 2 amide bonds. The van der Waals surface area contributed by atoms with Crippen LogP contribution in [-0.4, -0.2) is 42.6 Å². The van der Waals surface area contributed by atoms with Gasteiger partial charge in [-0.2, -0.15) is 0 Å². The van der Waals surface area contributed by atoms with Gasteiger partial charge in [-0.15, -0.1) is 0 Å². The molecule has 0 aliphatic carbocycles. The van der Waals surface area contributed by atoms with Gasteiger partial charge in [-0.3, -0.25) is 4.79 Å². The maximum absolute atomic E-state index is 12.8. The lowest BCUT2D eigenvalue weighted by atomic mass is 9.98. The van der Waals surface area contributed by atoms with Crippen LogP contribution in [-0.2, 0) is 11.2 Å². The lowest BCUT2D eigenvalue weighted by Crippen LogP contribution is -2.46. The van der Waals surface area contributed by atoms with E-state index in [0.29, 0.717) is 25.3 Å². The van der Waals surface area contributed by atoms with Crippen molar-refractivity contribution in [1.29, 1.82) is 0 Å². The van der Waals surface area contributed by atoms with Gasteiger partial charge in [0.2, 0.25) is 0 Å². The van der Waals surface area contributed by atoms with Crippen molar-refractivity contribution >= 4 is 12.0 Å². The molecule has 27 heavy (non-hydrogen) atoms. The first-order valence-corrected chi connectivity index (χ1v) is 9.51. The molecule has 2 aromatic carbocycles. The van der Waals surface area contributed by atoms with E-state index in [1.807, 2.05) is 42.5 Å². The number of piperidine rings is 1. The van der Waals surface area contributed by atoms with E-state index >= 15 is 0 Å². The molecule has 1 fully saturated rings. The van der Waals surface area contributed by atoms with Crippen LogP contribution in [0.5, 0.6) is 0 Å². The largest absolute Gasteiger partial charge is 0.450 e. The number of nitrogens with zero attached hydrogens (tertiary/aromatic N) is 1. The maximum Gasteiger partial charge on any atom is 0.409 e. The van der Waals surface area contributed by atoms with E-state index in [0.717, 1.165) is 24.8 Å². The molecule has 5 nitrogen and oxygen atoms in total. The molecule has 0 atom stereocenters. The fourth-order valence-corrected chi connectivity index (χ4v) is 3.40. The fraction of sp³-hybridized carbons (Fsp3) is 0.364. The molecule has 0 unspecified atom stereocenters. The second kappa shape index (κ2) is 9.21. The first kappa shape index (κ1) is 19.0. The summed E-state index contributed by atoms with van der Waals surface area (Å²) >= 11 is 0. The Labute approximate surface area is 160 Å². The molecule has 1 saturated heterocycles. The molecule has 2 aromatic rings. The second-order valence-corrected chi connectivity index (χ2v) is 6.75. The highest BCUT2D eigenvalue weighted by Gasteiger charge is 2.25. The van der Waals surface area contributed by atoms with Gasteiger partial charge in [0.25, 0.3) is 5.91 Å². The standard InChI is InChI=1S/C22H26N2O3/c1-2-27-22(26)24-14-12-19(13-15-24)23-21(25)20-11-7-6-10-18(20)16-17-8-4-3-5-9-17/h3-11,19H,2,12-16H2,1H3,(H,23,25). The highest BCUT2D eigenvalue weighted by Crippen LogP contribution is 2.17. The van der Waals surface area contributed by atoms with Crippen LogP contribution in [0.2, 0.25) is 0 Å². The zero-order valence-electron chi connectivity index (χ0n) is 15.7. The number of likely N-dealkylation sites (tertiary alicyclic amines) is 1. The minimum Gasteiger partial charge on any atom is -0.450 e. The van der Waals surface area contributed by atoms with Crippen LogP contribution in [0.3, 0.4) is 0 Å². The number of ether oxygens (including phenoxy) is 1. The Bertz CT molecular complexity index is 768. The van der Waals surface area contributed by atoms with Crippen LogP contribution in [0.1, 0.15) is 41.3 Å². The summed E-state index contributed by atoms with van der Waals surface area (Å²) in [6.45, 7) is 3.40. The molecule has 0 bridgehead atoms. The molecule has 1 aliphatic heterocycles. The van der Waals surface area contributed by atoms with Crippen LogP contribution in [0.25, 0.3) is 0 Å². The van der Waals surface area contributed by atoms with E-state index < -0.39 is 0 Å². The quantitative estimate of drug-likeness (QED) is 0.879. The summed E-state index contributed by atoms with van der Waals surface area (Å²) in [6.07, 6.45) is 1.94. The Morgan fingerprint density at radius 3 is 2.41 bits per heavy atom. The molecule has 1 heterocycles. The Hall–Kier alpha value is -2.82. The van der Waals surface area contributed by atoms with Crippen LogP contribution >= 0.6 is 0 Å². The average molecular weight is 366 g/mol. The van der Waals surface area contributed by atoms with E-state index in [1.54, 1.807) is 11.8 Å². The van der Waals surface area contributed by atoms with Gasteiger partial charge in [0.15, 0.2) is 0 Å². The summed E-state index contributed by atoms with van der Waals surface area (Å²) in [5.41, 5.74) is 2.92. The molecule has 1 aliphatic rings. The summed E-state index contributed by atoms with van der Waals surface area (Å²) in [4.78, 5) is 26.3. The Kier molecular flexibility index (Phi) is 6.47. The zero-order chi connectivity index (χ0) is 19.1. The summed E-state index contributed by atoms with van der Waals surface area (Å²) in [6, 6.07) is 18.0. The number of hydrogen-bond donors (Lipinski definition) is 1. The van der Waals surface area contributed by atoms with Gasteiger partial charge in [-0.1, -0.05) is 48.5 Å². The van der Waals surface area contributed by atoms with Crippen molar-refractivity contribution < 1.29 is 14.3 Å². The normalized spacial score (nSPS) is 14.6. The van der Waals surface area contributed by atoms with Gasteiger partial charge in [0, 0.05) is 24.7 Å². The monoisotopic (exact) mass is 366 g/mol. The predicted octanol–water partition coefficient (Wildman–Crippen LogP) is 3.63. The predicted molar refractivity (Wildman–Crippen MR) is 105 cm³/mol. The number of benzene rings is 2. The molecule has 0 saturated carbocycles. The number of hydrogen-bond acceptors (Lipinski definition) is 3. The SMILES string of the molecule is CCOC(=O)N1CCC(NC(=O)c2ccccc2Cc2ccccc2)CC1. The van der Waals surface area contributed by atoms with Crippen molar-refractivity contribution in [3.63, 3.8) is 0 Å². The number of carbonyl (C=O) groups excluding carboxylic acids is 2. The molecule has 3 rings (SSSR count). The summed E-state index contributed by atoms with van der Waals surface area (Å²) in [7, 11) is 0. The van der Waals surface area contributed by atoms with Crippen molar-refractivity contribution in [3.8, 4) is 0 Å².